The average Bonchev–Trinajstić information content (AvgIpc) is 2.29. The van der Waals surface area contributed by atoms with Crippen molar-refractivity contribution in [3.63, 3.8) is 0 Å². The molecule has 0 aliphatic heterocycles. The van der Waals surface area contributed by atoms with Crippen molar-refractivity contribution in [3.05, 3.63) is 33.8 Å². The van der Waals surface area contributed by atoms with Crippen molar-refractivity contribution >= 4 is 23.2 Å². The molecule has 1 aromatic carbocycles. The van der Waals surface area contributed by atoms with Gasteiger partial charge in [0.2, 0.25) is 0 Å². The van der Waals surface area contributed by atoms with Gasteiger partial charge in [-0.05, 0) is 31.0 Å². The number of hydrogen-bond acceptors (Lipinski definition) is 1. The molecule has 16 heavy (non-hydrogen) atoms. The van der Waals surface area contributed by atoms with Crippen LogP contribution in [0.15, 0.2) is 18.2 Å². The summed E-state index contributed by atoms with van der Waals surface area (Å²) in [6.45, 7) is 5.37. The molecule has 0 bridgehead atoms. The first-order valence-electron chi connectivity index (χ1n) is 5.88. The van der Waals surface area contributed by atoms with Gasteiger partial charge in [-0.1, -0.05) is 55.6 Å². The van der Waals surface area contributed by atoms with E-state index in [0.717, 1.165) is 18.5 Å². The highest BCUT2D eigenvalue weighted by molar-refractivity contribution is 6.42. The van der Waals surface area contributed by atoms with Crippen LogP contribution in [0.1, 0.15) is 44.7 Å². The SMILES string of the molecule is CCCCN[C@@H](CC)c1cccc(Cl)c1Cl. The Kier molecular flexibility index (Phi) is 6.18. The highest BCUT2D eigenvalue weighted by atomic mass is 35.5. The first kappa shape index (κ1) is 13.8. The Morgan fingerprint density at radius 3 is 2.62 bits per heavy atom. The molecule has 0 aliphatic rings. The number of unbranched alkanes of at least 4 members (excludes halogenated alkanes) is 1. The molecule has 0 spiro atoms. The molecular formula is C13H19Cl2N. The van der Waals surface area contributed by atoms with E-state index in [1.165, 1.54) is 12.8 Å². The molecule has 0 fully saturated rings. The standard InChI is InChI=1S/C13H19Cl2N/c1-3-5-9-16-12(4-2)10-7-6-8-11(14)13(10)15/h6-8,12,16H,3-5,9H2,1-2H3/t12-/m0/s1. The van der Waals surface area contributed by atoms with Gasteiger partial charge in [0.05, 0.1) is 10.0 Å². The van der Waals surface area contributed by atoms with Crippen LogP contribution >= 0.6 is 23.2 Å². The van der Waals surface area contributed by atoms with Crippen LogP contribution in [0.3, 0.4) is 0 Å². The second kappa shape index (κ2) is 7.16. The van der Waals surface area contributed by atoms with Crippen LogP contribution < -0.4 is 5.32 Å². The lowest BCUT2D eigenvalue weighted by molar-refractivity contribution is 0.508. The number of nitrogens with one attached hydrogen (secondary N) is 1. The third-order valence-electron chi connectivity index (χ3n) is 2.69. The summed E-state index contributed by atoms with van der Waals surface area (Å²) >= 11 is 12.2. The Balaban J connectivity index is 2.74. The summed E-state index contributed by atoms with van der Waals surface area (Å²) in [6, 6.07) is 6.12. The lowest BCUT2D eigenvalue weighted by Gasteiger charge is -2.19. The second-order valence-electron chi connectivity index (χ2n) is 3.91. The maximum atomic E-state index is 6.21. The number of rotatable bonds is 6. The lowest BCUT2D eigenvalue weighted by atomic mass is 10.0. The summed E-state index contributed by atoms with van der Waals surface area (Å²) in [6.07, 6.45) is 3.41. The maximum absolute atomic E-state index is 6.21. The normalized spacial score (nSPS) is 12.8. The first-order chi connectivity index (χ1) is 7.70. The van der Waals surface area contributed by atoms with E-state index in [0.29, 0.717) is 16.1 Å². The van der Waals surface area contributed by atoms with Crippen LogP contribution in [0.25, 0.3) is 0 Å². The van der Waals surface area contributed by atoms with E-state index in [1.807, 2.05) is 18.2 Å². The predicted molar refractivity (Wildman–Crippen MR) is 72.4 cm³/mol. The molecule has 1 aromatic rings. The summed E-state index contributed by atoms with van der Waals surface area (Å²) in [5, 5.41) is 4.83. The zero-order chi connectivity index (χ0) is 12.0. The van der Waals surface area contributed by atoms with Gasteiger partial charge >= 0.3 is 0 Å². The van der Waals surface area contributed by atoms with E-state index in [4.69, 9.17) is 23.2 Å². The molecule has 3 heteroatoms. The quantitative estimate of drug-likeness (QED) is 0.722. The monoisotopic (exact) mass is 259 g/mol. The molecule has 1 atom stereocenters. The maximum Gasteiger partial charge on any atom is 0.0640 e. The van der Waals surface area contributed by atoms with Crippen molar-refractivity contribution in [1.82, 2.24) is 5.32 Å². The van der Waals surface area contributed by atoms with Gasteiger partial charge in [-0.2, -0.15) is 0 Å². The van der Waals surface area contributed by atoms with Crippen LogP contribution in [0, 0.1) is 0 Å². The van der Waals surface area contributed by atoms with Crippen LogP contribution in [0.2, 0.25) is 10.0 Å². The Morgan fingerprint density at radius 2 is 2.00 bits per heavy atom. The van der Waals surface area contributed by atoms with Crippen LogP contribution in [0.4, 0.5) is 0 Å². The molecule has 1 rings (SSSR count). The van der Waals surface area contributed by atoms with Crippen LogP contribution in [-0.4, -0.2) is 6.54 Å². The molecule has 0 saturated heterocycles. The third kappa shape index (κ3) is 3.65. The minimum Gasteiger partial charge on any atom is -0.310 e. The van der Waals surface area contributed by atoms with Crippen molar-refractivity contribution in [2.45, 2.75) is 39.2 Å². The van der Waals surface area contributed by atoms with Crippen LogP contribution in [0.5, 0.6) is 0 Å². The summed E-state index contributed by atoms with van der Waals surface area (Å²) in [5.41, 5.74) is 1.10. The first-order valence-corrected chi connectivity index (χ1v) is 6.63. The summed E-state index contributed by atoms with van der Waals surface area (Å²) in [4.78, 5) is 0. The molecule has 0 unspecified atom stereocenters. The largest absolute Gasteiger partial charge is 0.310 e. The number of hydrogen-bond donors (Lipinski definition) is 1. The van der Waals surface area contributed by atoms with E-state index in [9.17, 15) is 0 Å². The molecule has 0 aliphatic carbocycles. The average molecular weight is 260 g/mol. The lowest BCUT2D eigenvalue weighted by Crippen LogP contribution is -2.22. The smallest absolute Gasteiger partial charge is 0.0640 e. The van der Waals surface area contributed by atoms with Gasteiger partial charge in [-0.25, -0.2) is 0 Å². The van der Waals surface area contributed by atoms with Gasteiger partial charge in [0.1, 0.15) is 0 Å². The molecule has 0 amide bonds. The summed E-state index contributed by atoms with van der Waals surface area (Å²) in [5.74, 6) is 0. The number of benzene rings is 1. The van der Waals surface area contributed by atoms with Gasteiger partial charge in [0.15, 0.2) is 0 Å². The van der Waals surface area contributed by atoms with E-state index >= 15 is 0 Å². The molecule has 0 radical (unpaired) electrons. The van der Waals surface area contributed by atoms with Gasteiger partial charge < -0.3 is 5.32 Å². The van der Waals surface area contributed by atoms with Gasteiger partial charge in [0, 0.05) is 6.04 Å². The van der Waals surface area contributed by atoms with Crippen molar-refractivity contribution in [3.8, 4) is 0 Å². The Labute approximate surface area is 108 Å². The van der Waals surface area contributed by atoms with E-state index in [1.54, 1.807) is 0 Å². The Bertz CT molecular complexity index is 326. The molecule has 1 N–H and O–H groups in total. The fourth-order valence-corrected chi connectivity index (χ4v) is 2.16. The van der Waals surface area contributed by atoms with Crippen molar-refractivity contribution in [2.75, 3.05) is 6.54 Å². The van der Waals surface area contributed by atoms with Crippen LogP contribution in [-0.2, 0) is 0 Å². The molecular weight excluding hydrogens is 241 g/mol. The third-order valence-corrected chi connectivity index (χ3v) is 3.52. The molecule has 90 valence electrons. The molecule has 0 heterocycles. The zero-order valence-corrected chi connectivity index (χ0v) is 11.4. The highest BCUT2D eigenvalue weighted by Crippen LogP contribution is 2.31. The molecule has 0 aromatic heterocycles. The van der Waals surface area contributed by atoms with Crippen molar-refractivity contribution < 1.29 is 0 Å². The van der Waals surface area contributed by atoms with Crippen molar-refractivity contribution in [1.29, 1.82) is 0 Å². The summed E-state index contributed by atoms with van der Waals surface area (Å²) in [7, 11) is 0. The van der Waals surface area contributed by atoms with Gasteiger partial charge in [-0.15, -0.1) is 0 Å². The fraction of sp³-hybridized carbons (Fsp3) is 0.538. The van der Waals surface area contributed by atoms with E-state index in [-0.39, 0.29) is 0 Å². The highest BCUT2D eigenvalue weighted by Gasteiger charge is 2.13. The predicted octanol–water partition coefficient (Wildman–Crippen LogP) is 4.83. The molecule has 1 nitrogen and oxygen atoms in total. The van der Waals surface area contributed by atoms with E-state index in [2.05, 4.69) is 19.2 Å². The minimum atomic E-state index is 0.303. The zero-order valence-electron chi connectivity index (χ0n) is 9.89. The summed E-state index contributed by atoms with van der Waals surface area (Å²) < 4.78 is 0. The second-order valence-corrected chi connectivity index (χ2v) is 4.70. The Hall–Kier alpha value is -0.240. The van der Waals surface area contributed by atoms with Crippen molar-refractivity contribution in [2.24, 2.45) is 0 Å². The topological polar surface area (TPSA) is 12.0 Å². The fourth-order valence-electron chi connectivity index (χ4n) is 1.72. The Morgan fingerprint density at radius 1 is 1.25 bits per heavy atom. The van der Waals surface area contributed by atoms with Gasteiger partial charge in [-0.3, -0.25) is 0 Å². The van der Waals surface area contributed by atoms with E-state index < -0.39 is 0 Å². The number of halogens is 2. The van der Waals surface area contributed by atoms with Gasteiger partial charge in [0.25, 0.3) is 0 Å². The minimum absolute atomic E-state index is 0.303. The molecule has 0 saturated carbocycles.